The van der Waals surface area contributed by atoms with Crippen molar-refractivity contribution in [3.63, 3.8) is 0 Å². The average Bonchev–Trinajstić information content (AvgIpc) is 3.25. The van der Waals surface area contributed by atoms with E-state index in [1.54, 1.807) is 4.90 Å². The number of nitrogens with one attached hydrogen (secondary N) is 3. The number of carbonyl (C=O) groups excluding carboxylic acids is 2. The van der Waals surface area contributed by atoms with Crippen LogP contribution in [0.25, 0.3) is 0 Å². The molecule has 1 fully saturated rings. The number of anilines is 1. The Morgan fingerprint density at radius 1 is 1.17 bits per heavy atom. The van der Waals surface area contributed by atoms with Crippen molar-refractivity contribution < 1.29 is 22.4 Å². The van der Waals surface area contributed by atoms with Crippen LogP contribution in [0.15, 0.2) is 45.9 Å². The third-order valence-electron chi connectivity index (χ3n) is 4.99. The summed E-state index contributed by atoms with van der Waals surface area (Å²) in [6, 6.07) is 9.84. The maximum atomic E-state index is 12.7. The second-order valence-electron chi connectivity index (χ2n) is 7.29. The number of amides is 3. The van der Waals surface area contributed by atoms with Gasteiger partial charge in [0.2, 0.25) is 5.09 Å². The van der Waals surface area contributed by atoms with E-state index in [1.165, 1.54) is 19.2 Å². The van der Waals surface area contributed by atoms with Gasteiger partial charge in [-0.1, -0.05) is 17.7 Å². The molecule has 0 aliphatic carbocycles. The lowest BCUT2D eigenvalue weighted by Crippen LogP contribution is -2.44. The average molecular weight is 435 g/mol. The molecular weight excluding hydrogens is 408 g/mol. The highest BCUT2D eigenvalue weighted by molar-refractivity contribution is 7.89. The Morgan fingerprint density at radius 3 is 2.60 bits per heavy atom. The second kappa shape index (κ2) is 9.31. The summed E-state index contributed by atoms with van der Waals surface area (Å²) in [6.07, 6.45) is 1.67. The van der Waals surface area contributed by atoms with Crippen LogP contribution in [0.5, 0.6) is 0 Å². The summed E-state index contributed by atoms with van der Waals surface area (Å²) in [5, 5.41) is 5.33. The summed E-state index contributed by atoms with van der Waals surface area (Å²) in [4.78, 5) is 26.4. The van der Waals surface area contributed by atoms with Crippen LogP contribution in [0, 0.1) is 12.8 Å². The van der Waals surface area contributed by atoms with Gasteiger partial charge in [-0.05, 0) is 57.0 Å². The van der Waals surface area contributed by atoms with E-state index in [-0.39, 0.29) is 28.7 Å². The molecule has 1 aliphatic rings. The predicted molar refractivity (Wildman–Crippen MR) is 112 cm³/mol. The van der Waals surface area contributed by atoms with Crippen molar-refractivity contribution in [2.75, 3.05) is 32.0 Å². The number of hydrogen-bond acceptors (Lipinski definition) is 5. The Labute approximate surface area is 175 Å². The zero-order valence-corrected chi connectivity index (χ0v) is 17.8. The van der Waals surface area contributed by atoms with Gasteiger partial charge >= 0.3 is 6.03 Å². The standard InChI is InChI=1S/C20H26N4O5S/c1-14-5-7-16(8-6-14)23-20(26)22-12-15-4-3-11-24(13-15)19(25)17-9-10-18(29-17)30(27,28)21-2/h5-10,15,21H,3-4,11-13H2,1-2H3,(H2,22,23,26). The van der Waals surface area contributed by atoms with Crippen LogP contribution in [0.1, 0.15) is 29.0 Å². The molecule has 2 aromatic rings. The normalized spacial score (nSPS) is 16.9. The van der Waals surface area contributed by atoms with E-state index >= 15 is 0 Å². The zero-order valence-electron chi connectivity index (χ0n) is 17.0. The van der Waals surface area contributed by atoms with Crippen molar-refractivity contribution in [2.24, 2.45) is 5.92 Å². The van der Waals surface area contributed by atoms with Gasteiger partial charge in [0.15, 0.2) is 5.76 Å². The van der Waals surface area contributed by atoms with Crippen molar-refractivity contribution in [1.82, 2.24) is 14.9 Å². The molecule has 3 rings (SSSR count). The molecule has 2 heterocycles. The van der Waals surface area contributed by atoms with Gasteiger partial charge in [0.1, 0.15) is 0 Å². The van der Waals surface area contributed by atoms with E-state index in [0.717, 1.165) is 18.4 Å². The Bertz CT molecular complexity index is 1000. The first kappa shape index (κ1) is 21.8. The highest BCUT2D eigenvalue weighted by atomic mass is 32.2. The van der Waals surface area contributed by atoms with Crippen LogP contribution < -0.4 is 15.4 Å². The minimum atomic E-state index is -3.74. The Hall–Kier alpha value is -2.85. The monoisotopic (exact) mass is 434 g/mol. The summed E-state index contributed by atoms with van der Waals surface area (Å²) in [7, 11) is -2.47. The van der Waals surface area contributed by atoms with Gasteiger partial charge in [-0.15, -0.1) is 0 Å². The van der Waals surface area contributed by atoms with Crippen LogP contribution in [-0.4, -0.2) is 51.9 Å². The van der Waals surface area contributed by atoms with E-state index in [1.807, 2.05) is 31.2 Å². The molecule has 0 spiro atoms. The van der Waals surface area contributed by atoms with Gasteiger partial charge in [-0.25, -0.2) is 17.9 Å². The lowest BCUT2D eigenvalue weighted by molar-refractivity contribution is 0.0637. The molecule has 9 nitrogen and oxygen atoms in total. The SMILES string of the molecule is CNS(=O)(=O)c1ccc(C(=O)N2CCCC(CNC(=O)Nc3ccc(C)cc3)C2)o1. The summed E-state index contributed by atoms with van der Waals surface area (Å²) < 4.78 is 31.0. The number of nitrogens with zero attached hydrogens (tertiary/aromatic N) is 1. The number of benzene rings is 1. The van der Waals surface area contributed by atoms with E-state index < -0.39 is 10.0 Å². The van der Waals surface area contributed by atoms with Gasteiger partial charge in [0.05, 0.1) is 0 Å². The third-order valence-corrected chi connectivity index (χ3v) is 6.28. The van der Waals surface area contributed by atoms with Crippen LogP contribution in [0.2, 0.25) is 0 Å². The lowest BCUT2D eigenvalue weighted by atomic mass is 9.98. The van der Waals surface area contributed by atoms with Crippen LogP contribution >= 0.6 is 0 Å². The summed E-state index contributed by atoms with van der Waals surface area (Å²) in [6.45, 7) is 3.42. The highest BCUT2D eigenvalue weighted by Crippen LogP contribution is 2.21. The molecule has 1 aromatic carbocycles. The molecule has 1 unspecified atom stereocenters. The van der Waals surface area contributed by atoms with Gasteiger partial charge in [-0.2, -0.15) is 0 Å². The molecule has 0 saturated carbocycles. The molecule has 10 heteroatoms. The van der Waals surface area contributed by atoms with Crippen molar-refractivity contribution in [2.45, 2.75) is 24.9 Å². The van der Waals surface area contributed by atoms with E-state index in [2.05, 4.69) is 15.4 Å². The predicted octanol–water partition coefficient (Wildman–Crippen LogP) is 2.17. The maximum Gasteiger partial charge on any atom is 0.319 e. The minimum absolute atomic E-state index is 0.0189. The minimum Gasteiger partial charge on any atom is -0.438 e. The maximum absolute atomic E-state index is 12.7. The van der Waals surface area contributed by atoms with Crippen molar-refractivity contribution in [3.05, 3.63) is 47.7 Å². The van der Waals surface area contributed by atoms with Crippen molar-refractivity contribution >= 4 is 27.6 Å². The zero-order chi connectivity index (χ0) is 21.7. The van der Waals surface area contributed by atoms with Crippen molar-refractivity contribution in [1.29, 1.82) is 0 Å². The number of hydrogen-bond donors (Lipinski definition) is 3. The Kier molecular flexibility index (Phi) is 6.78. The lowest BCUT2D eigenvalue weighted by Gasteiger charge is -2.32. The number of aryl methyl sites for hydroxylation is 1. The molecule has 1 aromatic heterocycles. The summed E-state index contributed by atoms with van der Waals surface area (Å²) >= 11 is 0. The molecule has 162 valence electrons. The molecular formula is C20H26N4O5S. The number of sulfonamides is 1. The summed E-state index contributed by atoms with van der Waals surface area (Å²) in [5.41, 5.74) is 1.82. The Balaban J connectivity index is 1.53. The van der Waals surface area contributed by atoms with Crippen LogP contribution in [0.4, 0.5) is 10.5 Å². The van der Waals surface area contributed by atoms with E-state index in [9.17, 15) is 18.0 Å². The summed E-state index contributed by atoms with van der Waals surface area (Å²) in [5.74, 6) is -0.280. The number of furan rings is 1. The number of piperidine rings is 1. The molecule has 1 aliphatic heterocycles. The first-order valence-corrected chi connectivity index (χ1v) is 11.2. The topological polar surface area (TPSA) is 121 Å². The fourth-order valence-electron chi connectivity index (χ4n) is 3.30. The smallest absolute Gasteiger partial charge is 0.319 e. The number of likely N-dealkylation sites (tertiary alicyclic amines) is 1. The van der Waals surface area contributed by atoms with Gasteiger partial charge in [0.25, 0.3) is 15.9 Å². The van der Waals surface area contributed by atoms with Gasteiger partial charge < -0.3 is 20.0 Å². The molecule has 3 N–H and O–H groups in total. The van der Waals surface area contributed by atoms with Gasteiger partial charge in [-0.3, -0.25) is 4.79 Å². The number of rotatable bonds is 6. The fourth-order valence-corrected chi connectivity index (χ4v) is 3.95. The first-order chi connectivity index (χ1) is 14.3. The van der Waals surface area contributed by atoms with Gasteiger partial charge in [0, 0.05) is 25.3 Å². The number of carbonyl (C=O) groups is 2. The molecule has 0 bridgehead atoms. The Morgan fingerprint density at radius 2 is 1.90 bits per heavy atom. The van der Waals surface area contributed by atoms with E-state index in [4.69, 9.17) is 4.42 Å². The molecule has 30 heavy (non-hydrogen) atoms. The quantitative estimate of drug-likeness (QED) is 0.643. The largest absolute Gasteiger partial charge is 0.438 e. The molecule has 0 radical (unpaired) electrons. The molecule has 1 saturated heterocycles. The fraction of sp³-hybridized carbons (Fsp3) is 0.400. The molecule has 1 atom stereocenters. The third kappa shape index (κ3) is 5.39. The highest BCUT2D eigenvalue weighted by Gasteiger charge is 2.28. The van der Waals surface area contributed by atoms with Crippen molar-refractivity contribution in [3.8, 4) is 0 Å². The second-order valence-corrected chi connectivity index (χ2v) is 9.10. The van der Waals surface area contributed by atoms with Crippen LogP contribution in [0.3, 0.4) is 0 Å². The van der Waals surface area contributed by atoms with Crippen LogP contribution in [-0.2, 0) is 10.0 Å². The van der Waals surface area contributed by atoms with E-state index in [0.29, 0.717) is 25.3 Å². The number of urea groups is 1. The molecule has 3 amide bonds. The first-order valence-electron chi connectivity index (χ1n) is 9.72.